The quantitative estimate of drug-likeness (QED) is 0.248. The van der Waals surface area contributed by atoms with Crippen LogP contribution in [0.5, 0.6) is 28.7 Å². The molecule has 0 aliphatic rings. The van der Waals surface area contributed by atoms with Crippen LogP contribution in [0.4, 0.5) is 13.2 Å². The molecule has 7 nitrogen and oxygen atoms in total. The Morgan fingerprint density at radius 2 is 1.57 bits per heavy atom. The lowest BCUT2D eigenvalue weighted by molar-refractivity contribution is -0.138. The lowest BCUT2D eigenvalue weighted by atomic mass is 10.1. The van der Waals surface area contributed by atoms with E-state index in [2.05, 4.69) is 4.72 Å². The first-order chi connectivity index (χ1) is 13.0. The number of hydrogen-bond donors (Lipinski definition) is 6. The van der Waals surface area contributed by atoms with Gasteiger partial charge in [-0.25, -0.2) is 0 Å². The van der Waals surface area contributed by atoms with Gasteiger partial charge in [-0.1, -0.05) is 0 Å². The molecule has 2 rings (SSSR count). The first kappa shape index (κ1) is 21.1. The van der Waals surface area contributed by atoms with Crippen LogP contribution in [0.15, 0.2) is 29.2 Å². The van der Waals surface area contributed by atoms with E-state index in [9.17, 15) is 38.7 Å². The number of benzene rings is 2. The van der Waals surface area contributed by atoms with Crippen molar-refractivity contribution >= 4 is 18.0 Å². The molecule has 0 aliphatic carbocycles. The molecule has 0 atom stereocenters. The van der Waals surface area contributed by atoms with E-state index in [4.69, 9.17) is 5.26 Å². The normalized spacial score (nSPS) is 12.0. The molecule has 0 spiro atoms. The van der Waals surface area contributed by atoms with Gasteiger partial charge < -0.3 is 25.5 Å². The Labute approximate surface area is 160 Å². The van der Waals surface area contributed by atoms with Crippen LogP contribution in [0.2, 0.25) is 0 Å². The topological polar surface area (TPSA) is 137 Å². The van der Waals surface area contributed by atoms with Crippen molar-refractivity contribution in [2.24, 2.45) is 0 Å². The van der Waals surface area contributed by atoms with Gasteiger partial charge in [0.2, 0.25) is 0 Å². The highest BCUT2D eigenvalue weighted by Crippen LogP contribution is 2.41. The second kappa shape index (κ2) is 8.20. The van der Waals surface area contributed by atoms with E-state index in [1.54, 1.807) is 6.07 Å². The first-order valence-corrected chi connectivity index (χ1v) is 8.23. The fourth-order valence-electron chi connectivity index (χ4n) is 2.14. The van der Waals surface area contributed by atoms with E-state index >= 15 is 0 Å². The Balaban J connectivity index is 2.17. The lowest BCUT2D eigenvalue weighted by Crippen LogP contribution is -2.06. The van der Waals surface area contributed by atoms with Crippen LogP contribution in [0.25, 0.3) is 6.08 Å². The fraction of sp³-hybridized carbons (Fsp3) is 0.118. The summed E-state index contributed by atoms with van der Waals surface area (Å²) in [6.07, 6.45) is -3.83. The minimum atomic E-state index is -4.90. The number of phenolic OH excluding ortho intramolecular Hbond substituents is 5. The number of allylic oxidation sites excluding steroid dienone is 1. The predicted octanol–water partition coefficient (Wildman–Crippen LogP) is 3.54. The summed E-state index contributed by atoms with van der Waals surface area (Å²) in [7, 11) is 0. The highest BCUT2D eigenvalue weighted by molar-refractivity contribution is 8.01. The molecule has 0 aromatic heterocycles. The predicted molar refractivity (Wildman–Crippen MR) is 94.2 cm³/mol. The SMILES string of the molecule is N#C/C(=C\c1cc(O)c(O)c(C(F)(F)F)c1)SNCc1cc(O)c(O)c(O)c1. The van der Waals surface area contributed by atoms with Gasteiger partial charge in [0, 0.05) is 6.54 Å². The number of aromatic hydroxyl groups is 5. The molecule has 11 heteroatoms. The summed E-state index contributed by atoms with van der Waals surface area (Å²) in [6.45, 7) is 0.0275. The zero-order valence-corrected chi connectivity index (χ0v) is 14.6. The lowest BCUT2D eigenvalue weighted by Gasteiger charge is -2.11. The number of alkyl halides is 3. The maximum absolute atomic E-state index is 12.9. The molecule has 0 aliphatic heterocycles. The second-order valence-corrected chi connectivity index (χ2v) is 6.39. The first-order valence-electron chi connectivity index (χ1n) is 7.41. The fourth-order valence-corrected chi connectivity index (χ4v) is 2.77. The number of nitrogens with one attached hydrogen (secondary N) is 1. The molecule has 148 valence electrons. The molecule has 0 heterocycles. The van der Waals surface area contributed by atoms with E-state index in [0.29, 0.717) is 11.6 Å². The van der Waals surface area contributed by atoms with Crippen LogP contribution in [0.3, 0.4) is 0 Å². The molecule has 28 heavy (non-hydrogen) atoms. The highest BCUT2D eigenvalue weighted by Gasteiger charge is 2.35. The van der Waals surface area contributed by atoms with Crippen LogP contribution in [0, 0.1) is 11.3 Å². The smallest absolute Gasteiger partial charge is 0.420 e. The van der Waals surface area contributed by atoms with Gasteiger partial charge in [-0.05, 0) is 53.4 Å². The van der Waals surface area contributed by atoms with Crippen LogP contribution < -0.4 is 4.72 Å². The van der Waals surface area contributed by atoms with Gasteiger partial charge in [0.1, 0.15) is 16.5 Å². The van der Waals surface area contributed by atoms with Crippen molar-refractivity contribution in [2.45, 2.75) is 12.7 Å². The molecule has 0 radical (unpaired) electrons. The monoisotopic (exact) mass is 414 g/mol. The summed E-state index contributed by atoms with van der Waals surface area (Å²) in [5.74, 6) is -4.05. The molecule has 2 aromatic carbocycles. The zero-order chi connectivity index (χ0) is 21.1. The molecular formula is C17H13F3N2O5S. The van der Waals surface area contributed by atoms with Gasteiger partial charge in [-0.3, -0.25) is 4.72 Å². The van der Waals surface area contributed by atoms with Crippen molar-refractivity contribution in [3.63, 3.8) is 0 Å². The van der Waals surface area contributed by atoms with Crippen molar-refractivity contribution in [3.05, 3.63) is 45.9 Å². The van der Waals surface area contributed by atoms with E-state index in [1.165, 1.54) is 12.1 Å². The van der Waals surface area contributed by atoms with Gasteiger partial charge >= 0.3 is 6.18 Å². The van der Waals surface area contributed by atoms with Gasteiger partial charge in [-0.15, -0.1) is 0 Å². The number of halogens is 3. The van der Waals surface area contributed by atoms with Gasteiger partial charge in [0.15, 0.2) is 28.7 Å². The maximum atomic E-state index is 12.9. The molecule has 0 saturated heterocycles. The highest BCUT2D eigenvalue weighted by atomic mass is 32.2. The van der Waals surface area contributed by atoms with E-state index in [1.807, 2.05) is 0 Å². The van der Waals surface area contributed by atoms with Crippen molar-refractivity contribution < 1.29 is 38.7 Å². The maximum Gasteiger partial charge on any atom is 0.420 e. The van der Waals surface area contributed by atoms with Crippen molar-refractivity contribution in [3.8, 4) is 34.8 Å². The second-order valence-electron chi connectivity index (χ2n) is 5.46. The number of rotatable bonds is 5. The van der Waals surface area contributed by atoms with Crippen molar-refractivity contribution in [1.29, 1.82) is 5.26 Å². The summed E-state index contributed by atoms with van der Waals surface area (Å²) in [4.78, 5) is -0.0644. The zero-order valence-electron chi connectivity index (χ0n) is 13.8. The number of nitriles is 1. The van der Waals surface area contributed by atoms with Crippen LogP contribution in [-0.2, 0) is 12.7 Å². The third-order valence-electron chi connectivity index (χ3n) is 3.41. The Kier molecular flexibility index (Phi) is 6.17. The largest absolute Gasteiger partial charge is 0.504 e. The summed E-state index contributed by atoms with van der Waals surface area (Å²) < 4.78 is 41.3. The minimum absolute atomic E-state index is 0.0275. The summed E-state index contributed by atoms with van der Waals surface area (Å²) in [5.41, 5.74) is -1.24. The van der Waals surface area contributed by atoms with Gasteiger partial charge in [-0.2, -0.15) is 18.4 Å². The van der Waals surface area contributed by atoms with Crippen molar-refractivity contribution in [2.75, 3.05) is 0 Å². The van der Waals surface area contributed by atoms with Crippen LogP contribution in [0.1, 0.15) is 16.7 Å². The van der Waals surface area contributed by atoms with E-state index < -0.39 is 40.5 Å². The molecule has 0 amide bonds. The average Bonchev–Trinajstić information content (AvgIpc) is 2.60. The van der Waals surface area contributed by atoms with Crippen molar-refractivity contribution in [1.82, 2.24) is 4.72 Å². The molecule has 0 bridgehead atoms. The third-order valence-corrected chi connectivity index (χ3v) is 4.13. The summed E-state index contributed by atoms with van der Waals surface area (Å²) >= 11 is 0.749. The van der Waals surface area contributed by atoms with E-state index in [0.717, 1.165) is 24.1 Å². The Morgan fingerprint density at radius 3 is 2.11 bits per heavy atom. The third kappa shape index (κ3) is 4.93. The Hall–Kier alpha value is -3.23. The molecule has 0 saturated carbocycles. The molecule has 0 fully saturated rings. The summed E-state index contributed by atoms with van der Waals surface area (Å²) in [5, 5.41) is 56.1. The molecule has 6 N–H and O–H groups in total. The number of nitrogens with zero attached hydrogens (tertiary/aromatic N) is 1. The molecule has 2 aromatic rings. The molecule has 0 unspecified atom stereocenters. The van der Waals surface area contributed by atoms with Gasteiger partial charge in [0.05, 0.1) is 0 Å². The Morgan fingerprint density at radius 1 is 1.00 bits per heavy atom. The molecular weight excluding hydrogens is 401 g/mol. The van der Waals surface area contributed by atoms with Crippen LogP contribution in [-0.4, -0.2) is 25.5 Å². The summed E-state index contributed by atoms with van der Waals surface area (Å²) in [6, 6.07) is 5.56. The standard InChI is InChI=1S/C17H13F3N2O5S/c18-17(19,20)11-2-8(3-12(23)15(11)26)1-10(6-21)28-22-7-9-4-13(24)16(27)14(25)5-9/h1-5,22-27H,7H2/b10-1+. The average molecular weight is 414 g/mol. The number of hydrogen-bond acceptors (Lipinski definition) is 8. The Bertz CT molecular complexity index is 947. The van der Waals surface area contributed by atoms with Gasteiger partial charge in [0.25, 0.3) is 0 Å². The van der Waals surface area contributed by atoms with E-state index in [-0.39, 0.29) is 17.0 Å². The minimum Gasteiger partial charge on any atom is -0.504 e. The van der Waals surface area contributed by atoms with Crippen LogP contribution >= 0.6 is 11.9 Å². The number of phenols is 5.